The zero-order chi connectivity index (χ0) is 16.4. The second-order valence-electron chi connectivity index (χ2n) is 4.55. The van der Waals surface area contributed by atoms with Gasteiger partial charge >= 0.3 is 5.97 Å². The number of hydrogen-bond donors (Lipinski definition) is 2. The fourth-order valence-electron chi connectivity index (χ4n) is 1.52. The summed E-state index contributed by atoms with van der Waals surface area (Å²) < 4.78 is 26.4. The Balaban J connectivity index is 3.19. The first-order valence-corrected chi connectivity index (χ1v) is 8.03. The van der Waals surface area contributed by atoms with Crippen molar-refractivity contribution in [3.63, 3.8) is 0 Å². The molecule has 1 atom stereocenters. The lowest BCUT2D eigenvalue weighted by Gasteiger charge is -2.18. The molecule has 0 saturated carbocycles. The van der Waals surface area contributed by atoms with E-state index in [0.717, 1.165) is 18.2 Å². The summed E-state index contributed by atoms with van der Waals surface area (Å²) in [5.41, 5.74) is -0.278. The van der Waals surface area contributed by atoms with Crippen LogP contribution in [0.4, 0.5) is 5.69 Å². The van der Waals surface area contributed by atoms with Gasteiger partial charge in [0.05, 0.1) is 9.82 Å². The first-order chi connectivity index (χ1) is 9.56. The van der Waals surface area contributed by atoms with Gasteiger partial charge in [0, 0.05) is 16.6 Å². The first kappa shape index (κ1) is 17.5. The molecule has 0 aliphatic rings. The topological polar surface area (TPSA) is 127 Å². The number of sulfonamides is 1. The highest BCUT2D eigenvalue weighted by atomic mass is 79.9. The monoisotopic (exact) mass is 380 g/mol. The molecule has 116 valence electrons. The van der Waals surface area contributed by atoms with E-state index >= 15 is 0 Å². The van der Waals surface area contributed by atoms with Gasteiger partial charge in [-0.05, 0) is 27.9 Å². The van der Waals surface area contributed by atoms with Crippen LogP contribution in [-0.4, -0.2) is 30.5 Å². The van der Waals surface area contributed by atoms with E-state index in [1.54, 1.807) is 13.8 Å². The average molecular weight is 381 g/mol. The number of nitro benzene ring substituents is 1. The summed E-state index contributed by atoms with van der Waals surface area (Å²) in [6.07, 6.45) is 0. The summed E-state index contributed by atoms with van der Waals surface area (Å²) in [6, 6.07) is 1.82. The lowest BCUT2D eigenvalue weighted by molar-refractivity contribution is -0.385. The summed E-state index contributed by atoms with van der Waals surface area (Å²) in [6.45, 7) is 3.12. The van der Waals surface area contributed by atoms with Gasteiger partial charge < -0.3 is 5.11 Å². The number of benzene rings is 1. The van der Waals surface area contributed by atoms with Crippen molar-refractivity contribution in [2.24, 2.45) is 5.92 Å². The molecule has 8 nitrogen and oxygen atoms in total. The van der Waals surface area contributed by atoms with Crippen molar-refractivity contribution in [1.82, 2.24) is 4.72 Å². The normalized spacial score (nSPS) is 13.1. The molecule has 0 heterocycles. The minimum atomic E-state index is -4.12. The lowest BCUT2D eigenvalue weighted by Crippen LogP contribution is -2.44. The minimum Gasteiger partial charge on any atom is -0.480 e. The number of carboxylic acids is 1. The lowest BCUT2D eigenvalue weighted by atomic mass is 10.1. The van der Waals surface area contributed by atoms with Gasteiger partial charge in [-0.1, -0.05) is 13.8 Å². The molecule has 0 aromatic heterocycles. The number of aliphatic carboxylic acids is 1. The number of nitrogens with one attached hydrogen (secondary N) is 1. The molecule has 0 aliphatic carbocycles. The summed E-state index contributed by atoms with van der Waals surface area (Å²) in [7, 11) is -4.12. The van der Waals surface area contributed by atoms with E-state index in [0.29, 0.717) is 0 Å². The molecule has 2 N–H and O–H groups in total. The number of halogens is 1. The number of rotatable bonds is 6. The molecule has 0 fully saturated rings. The van der Waals surface area contributed by atoms with Crippen LogP contribution >= 0.6 is 15.9 Å². The Hall–Kier alpha value is -1.52. The number of nitro groups is 1. The number of carbonyl (C=O) groups is 1. The van der Waals surface area contributed by atoms with Gasteiger partial charge in [0.15, 0.2) is 0 Å². The number of nitrogens with zero attached hydrogens (tertiary/aromatic N) is 1. The zero-order valence-corrected chi connectivity index (χ0v) is 13.5. The van der Waals surface area contributed by atoms with Gasteiger partial charge in [0.1, 0.15) is 6.04 Å². The Morgan fingerprint density at radius 2 is 2.00 bits per heavy atom. The van der Waals surface area contributed by atoms with Gasteiger partial charge in [0.2, 0.25) is 10.0 Å². The molecule has 10 heteroatoms. The van der Waals surface area contributed by atoms with Crippen LogP contribution in [0.1, 0.15) is 13.8 Å². The molecule has 0 radical (unpaired) electrons. The second-order valence-corrected chi connectivity index (χ2v) is 7.09. The van der Waals surface area contributed by atoms with Crippen LogP contribution in [0, 0.1) is 16.0 Å². The number of non-ortho nitro benzene ring substituents is 1. The van der Waals surface area contributed by atoms with Crippen molar-refractivity contribution in [3.8, 4) is 0 Å². The van der Waals surface area contributed by atoms with Crippen molar-refractivity contribution in [2.75, 3.05) is 0 Å². The molecular weight excluding hydrogens is 368 g/mol. The first-order valence-electron chi connectivity index (χ1n) is 5.75. The fourth-order valence-corrected chi connectivity index (χ4v) is 3.93. The second kappa shape index (κ2) is 6.50. The van der Waals surface area contributed by atoms with E-state index in [9.17, 15) is 23.3 Å². The summed E-state index contributed by atoms with van der Waals surface area (Å²) in [5.74, 6) is -1.76. The third kappa shape index (κ3) is 4.22. The molecule has 0 amide bonds. The maximum atomic E-state index is 12.2. The van der Waals surface area contributed by atoms with Crippen LogP contribution in [0.2, 0.25) is 0 Å². The molecule has 0 saturated heterocycles. The highest BCUT2D eigenvalue weighted by molar-refractivity contribution is 9.10. The largest absolute Gasteiger partial charge is 0.480 e. The highest BCUT2D eigenvalue weighted by Crippen LogP contribution is 2.27. The van der Waals surface area contributed by atoms with Gasteiger partial charge in [-0.25, -0.2) is 8.42 Å². The van der Waals surface area contributed by atoms with E-state index in [4.69, 9.17) is 5.11 Å². The predicted octanol–water partition coefficient (Wildman–Crippen LogP) is 1.74. The van der Waals surface area contributed by atoms with E-state index in [1.165, 1.54) is 0 Å². The number of carboxylic acid groups (broad SMARTS) is 1. The smallest absolute Gasteiger partial charge is 0.322 e. The summed E-state index contributed by atoms with van der Waals surface area (Å²) >= 11 is 2.94. The fraction of sp³-hybridized carbons (Fsp3) is 0.364. The molecule has 0 unspecified atom stereocenters. The van der Waals surface area contributed by atoms with Crippen molar-refractivity contribution in [2.45, 2.75) is 24.8 Å². The van der Waals surface area contributed by atoms with Crippen LogP contribution in [-0.2, 0) is 14.8 Å². The molecule has 0 bridgehead atoms. The third-order valence-electron chi connectivity index (χ3n) is 2.63. The molecule has 1 aromatic rings. The van der Waals surface area contributed by atoms with Crippen LogP contribution in [0.3, 0.4) is 0 Å². The van der Waals surface area contributed by atoms with E-state index in [1.807, 2.05) is 0 Å². The van der Waals surface area contributed by atoms with Gasteiger partial charge in [-0.15, -0.1) is 0 Å². The standard InChI is InChI=1S/C11H13BrN2O6S/c1-6(2)10(11(15)16)13-21(19,20)9-4-3-7(14(17)18)5-8(9)12/h3-6,10,13H,1-2H3,(H,15,16)/t10-/m1/s1. The van der Waals surface area contributed by atoms with Crippen LogP contribution in [0.25, 0.3) is 0 Å². The predicted molar refractivity (Wildman–Crippen MR) is 77.4 cm³/mol. The van der Waals surface area contributed by atoms with Crippen molar-refractivity contribution >= 4 is 37.6 Å². The Labute approximate surface area is 129 Å². The van der Waals surface area contributed by atoms with E-state index < -0.39 is 32.9 Å². The minimum absolute atomic E-state index is 0.0166. The van der Waals surface area contributed by atoms with Gasteiger partial charge in [0.25, 0.3) is 5.69 Å². The molecule has 1 rings (SSSR count). The average Bonchev–Trinajstić information content (AvgIpc) is 2.34. The molecular formula is C11H13BrN2O6S. The van der Waals surface area contributed by atoms with Crippen molar-refractivity contribution in [3.05, 3.63) is 32.8 Å². The maximum absolute atomic E-state index is 12.2. The van der Waals surface area contributed by atoms with Crippen molar-refractivity contribution < 1.29 is 23.2 Å². The highest BCUT2D eigenvalue weighted by Gasteiger charge is 2.29. The SMILES string of the molecule is CC(C)[C@@H](NS(=O)(=O)c1ccc([N+](=O)[O-])cc1Br)C(=O)O. The zero-order valence-electron chi connectivity index (χ0n) is 11.1. The van der Waals surface area contributed by atoms with E-state index in [2.05, 4.69) is 20.7 Å². The summed E-state index contributed by atoms with van der Waals surface area (Å²) in [4.78, 5) is 20.7. The van der Waals surface area contributed by atoms with Crippen molar-refractivity contribution in [1.29, 1.82) is 0 Å². The van der Waals surface area contributed by atoms with Gasteiger partial charge in [-0.3, -0.25) is 14.9 Å². The quantitative estimate of drug-likeness (QED) is 0.571. The van der Waals surface area contributed by atoms with Crippen LogP contribution in [0.5, 0.6) is 0 Å². The molecule has 0 spiro atoms. The molecule has 0 aliphatic heterocycles. The Bertz CT molecular complexity index is 673. The Morgan fingerprint density at radius 1 is 1.43 bits per heavy atom. The molecule has 1 aromatic carbocycles. The number of hydrogen-bond acceptors (Lipinski definition) is 5. The Morgan fingerprint density at radius 3 is 2.38 bits per heavy atom. The van der Waals surface area contributed by atoms with E-state index in [-0.39, 0.29) is 15.1 Å². The third-order valence-corrected chi connectivity index (χ3v) is 5.05. The Kier molecular flexibility index (Phi) is 5.42. The maximum Gasteiger partial charge on any atom is 0.322 e. The van der Waals surface area contributed by atoms with Crippen LogP contribution < -0.4 is 4.72 Å². The van der Waals surface area contributed by atoms with Gasteiger partial charge in [-0.2, -0.15) is 4.72 Å². The molecule has 21 heavy (non-hydrogen) atoms. The summed E-state index contributed by atoms with van der Waals surface area (Å²) in [5, 5.41) is 19.6. The van der Waals surface area contributed by atoms with Crippen LogP contribution in [0.15, 0.2) is 27.6 Å².